The Labute approximate surface area is 272 Å². The summed E-state index contributed by atoms with van der Waals surface area (Å²) in [5, 5.41) is 62.8. The van der Waals surface area contributed by atoms with Gasteiger partial charge in [-0.1, -0.05) is 60.1 Å². The molecule has 0 bridgehead atoms. The van der Waals surface area contributed by atoms with Crippen LogP contribution in [0.15, 0.2) is 11.6 Å². The summed E-state index contributed by atoms with van der Waals surface area (Å²) < 4.78 is 11.9. The largest absolute Gasteiger partial charge is 0.481 e. The Hall–Kier alpha value is -1.56. The lowest BCUT2D eigenvalue weighted by molar-refractivity contribution is -0.324. The molecule has 0 aromatic heterocycles. The van der Waals surface area contributed by atoms with Crippen LogP contribution in [-0.2, 0) is 19.1 Å². The third kappa shape index (κ3) is 4.49. The van der Waals surface area contributed by atoms with Gasteiger partial charge in [0, 0.05) is 0 Å². The number of carboxylic acids is 2. The van der Waals surface area contributed by atoms with Crippen LogP contribution in [-0.4, -0.2) is 85.5 Å². The second kappa shape index (κ2) is 10.7. The zero-order chi connectivity index (χ0) is 34.0. The zero-order valence-electron chi connectivity index (χ0n) is 28.5. The fourth-order valence-electron chi connectivity index (χ4n) is 12.4. The lowest BCUT2D eigenvalue weighted by atomic mass is 9.33. The molecule has 4 saturated carbocycles. The molecule has 0 spiro atoms. The first-order valence-corrected chi connectivity index (χ1v) is 17.4. The van der Waals surface area contributed by atoms with Crippen LogP contribution in [0.1, 0.15) is 106 Å². The van der Waals surface area contributed by atoms with Crippen molar-refractivity contribution in [3.63, 3.8) is 0 Å². The summed E-state index contributed by atoms with van der Waals surface area (Å²) in [6.45, 7) is 15.9. The van der Waals surface area contributed by atoms with E-state index in [2.05, 4.69) is 54.5 Å². The van der Waals surface area contributed by atoms with Gasteiger partial charge in [-0.25, -0.2) is 4.79 Å². The van der Waals surface area contributed by atoms with Crippen LogP contribution in [0.25, 0.3) is 0 Å². The van der Waals surface area contributed by atoms with Gasteiger partial charge in [0.2, 0.25) is 0 Å². The van der Waals surface area contributed by atoms with Gasteiger partial charge in [-0.15, -0.1) is 0 Å². The lowest BCUT2D eigenvalue weighted by Gasteiger charge is -2.71. The van der Waals surface area contributed by atoms with Gasteiger partial charge in [0.25, 0.3) is 0 Å². The zero-order valence-corrected chi connectivity index (χ0v) is 28.5. The fourth-order valence-corrected chi connectivity index (χ4v) is 12.4. The van der Waals surface area contributed by atoms with Crippen LogP contribution >= 0.6 is 0 Å². The summed E-state index contributed by atoms with van der Waals surface area (Å²) in [6.07, 6.45) is -0.264. The average Bonchev–Trinajstić information content (AvgIpc) is 2.94. The first-order chi connectivity index (χ1) is 21.2. The van der Waals surface area contributed by atoms with E-state index in [4.69, 9.17) is 9.47 Å². The summed E-state index contributed by atoms with van der Waals surface area (Å²) in [6, 6.07) is 0. The number of hydrogen-bond acceptors (Lipinski definition) is 8. The topological polar surface area (TPSA) is 174 Å². The Kier molecular flexibility index (Phi) is 7.99. The highest BCUT2D eigenvalue weighted by molar-refractivity contribution is 5.77. The van der Waals surface area contributed by atoms with Crippen molar-refractivity contribution in [2.24, 2.45) is 50.2 Å². The third-order valence-corrected chi connectivity index (χ3v) is 15.1. The molecule has 6 N–H and O–H groups in total. The molecule has 0 aromatic carbocycles. The number of rotatable bonds is 4. The van der Waals surface area contributed by atoms with Gasteiger partial charge in [0.1, 0.15) is 23.7 Å². The summed E-state index contributed by atoms with van der Waals surface area (Å²) >= 11 is 0. The third-order valence-electron chi connectivity index (χ3n) is 15.1. The molecule has 1 saturated heterocycles. The number of carboxylic acid groups (broad SMARTS) is 2. The minimum atomic E-state index is -1.76. The molecule has 46 heavy (non-hydrogen) atoms. The number of carbonyl (C=O) groups is 2. The number of aliphatic hydroxyl groups excluding tert-OH is 4. The molecule has 260 valence electrons. The van der Waals surface area contributed by atoms with E-state index in [1.165, 1.54) is 5.57 Å². The Balaban J connectivity index is 1.30. The van der Waals surface area contributed by atoms with Gasteiger partial charge in [-0.05, 0) is 103 Å². The number of aliphatic hydroxyl groups is 4. The summed E-state index contributed by atoms with van der Waals surface area (Å²) in [4.78, 5) is 24.7. The summed E-state index contributed by atoms with van der Waals surface area (Å²) in [7, 11) is 0. The Morgan fingerprint density at radius 3 is 2.13 bits per heavy atom. The molecule has 1 aliphatic heterocycles. The highest BCUT2D eigenvalue weighted by atomic mass is 16.7. The molecule has 6 rings (SSSR count). The first-order valence-electron chi connectivity index (χ1n) is 17.4. The van der Waals surface area contributed by atoms with E-state index in [1.54, 1.807) is 0 Å². The molecule has 6 aliphatic rings. The molecular weight excluding hydrogens is 592 g/mol. The average molecular weight is 649 g/mol. The molecule has 5 fully saturated rings. The van der Waals surface area contributed by atoms with Crippen LogP contribution in [0.2, 0.25) is 0 Å². The minimum Gasteiger partial charge on any atom is -0.481 e. The van der Waals surface area contributed by atoms with Gasteiger partial charge in [0.05, 0.1) is 12.2 Å². The second-order valence-electron chi connectivity index (χ2n) is 18.0. The van der Waals surface area contributed by atoms with Crippen molar-refractivity contribution in [2.75, 3.05) is 0 Å². The van der Waals surface area contributed by atoms with Crippen molar-refractivity contribution in [1.82, 2.24) is 0 Å². The standard InChI is InChI=1S/C36H56O10/c1-31(2)16-19-18-8-9-21-33(5)12-11-23(45-29-26(40)24(38)25(39)27(46-29)28(41)42)32(3,4)20(33)10-13-35(21,7)34(18,6)14-15-36(19,30(43)44)22(37)17-31/h8,19-27,29,37-40H,9-17H2,1-7H3,(H,41,42)(H,43,44)/t19-,20-,21+,22?,23?,24-,25-,26+,27-,29+,33-,34+,35+,36-/m0/s1. The van der Waals surface area contributed by atoms with Crippen LogP contribution in [0, 0.1) is 50.2 Å². The molecule has 5 aliphatic carbocycles. The summed E-state index contributed by atoms with van der Waals surface area (Å²) in [5.74, 6) is -1.90. The molecular formula is C36H56O10. The quantitative estimate of drug-likeness (QED) is 0.192. The van der Waals surface area contributed by atoms with Crippen molar-refractivity contribution >= 4 is 11.9 Å². The maximum atomic E-state index is 13.0. The van der Waals surface area contributed by atoms with Crippen LogP contribution in [0.5, 0.6) is 0 Å². The second-order valence-corrected chi connectivity index (χ2v) is 18.0. The number of aliphatic carboxylic acids is 2. The lowest BCUT2D eigenvalue weighted by Crippen LogP contribution is -2.67. The monoisotopic (exact) mass is 648 g/mol. The van der Waals surface area contributed by atoms with Crippen molar-refractivity contribution in [3.8, 4) is 0 Å². The molecule has 0 aromatic rings. The Morgan fingerprint density at radius 1 is 0.826 bits per heavy atom. The highest BCUT2D eigenvalue weighted by Gasteiger charge is 2.71. The first kappa shape index (κ1) is 34.3. The molecule has 10 nitrogen and oxygen atoms in total. The summed E-state index contributed by atoms with van der Waals surface area (Å²) in [5.41, 5.74) is -0.730. The van der Waals surface area contributed by atoms with Gasteiger partial charge in [-0.3, -0.25) is 4.79 Å². The van der Waals surface area contributed by atoms with E-state index in [-0.39, 0.29) is 45.0 Å². The SMILES string of the molecule is CC1(C)CC(O)[C@]2(C(=O)O)CC[C@]3(C)C(=CC[C@@H]4[C@@]5(C)CCC(O[C@@H]6O[C@H](C(=O)O)[C@@H](O)[C@H](O)[C@H]6O)C(C)(C)[C@@H]5CC[C@]43C)[C@@H]2C1. The van der Waals surface area contributed by atoms with Gasteiger partial charge in [-0.2, -0.15) is 0 Å². The maximum absolute atomic E-state index is 13.0. The van der Waals surface area contributed by atoms with Crippen molar-refractivity contribution < 1.29 is 49.7 Å². The Morgan fingerprint density at radius 2 is 1.50 bits per heavy atom. The van der Waals surface area contributed by atoms with Crippen LogP contribution in [0.3, 0.4) is 0 Å². The van der Waals surface area contributed by atoms with Crippen LogP contribution < -0.4 is 0 Å². The fraction of sp³-hybridized carbons (Fsp3) is 0.889. The predicted molar refractivity (Wildman–Crippen MR) is 167 cm³/mol. The molecule has 0 radical (unpaired) electrons. The number of hydrogen-bond donors (Lipinski definition) is 6. The van der Waals surface area contributed by atoms with Crippen molar-refractivity contribution in [1.29, 1.82) is 0 Å². The molecule has 0 amide bonds. The van der Waals surface area contributed by atoms with E-state index in [0.29, 0.717) is 25.2 Å². The molecule has 1 heterocycles. The van der Waals surface area contributed by atoms with Gasteiger partial charge in [0.15, 0.2) is 12.4 Å². The van der Waals surface area contributed by atoms with Crippen molar-refractivity contribution in [3.05, 3.63) is 11.6 Å². The number of fused-ring (bicyclic) bond motifs is 7. The van der Waals surface area contributed by atoms with Gasteiger partial charge >= 0.3 is 11.9 Å². The molecule has 10 heteroatoms. The van der Waals surface area contributed by atoms with E-state index >= 15 is 0 Å². The molecule has 14 atom stereocenters. The normalized spacial score (nSPS) is 52.6. The number of ether oxygens (including phenoxy) is 2. The van der Waals surface area contributed by atoms with Crippen molar-refractivity contribution in [2.45, 2.75) is 149 Å². The smallest absolute Gasteiger partial charge is 0.335 e. The van der Waals surface area contributed by atoms with Crippen LogP contribution in [0.4, 0.5) is 0 Å². The van der Waals surface area contributed by atoms with E-state index in [0.717, 1.165) is 38.5 Å². The number of allylic oxidation sites excluding steroid dienone is 2. The van der Waals surface area contributed by atoms with E-state index in [1.807, 2.05) is 0 Å². The Bertz CT molecular complexity index is 1290. The van der Waals surface area contributed by atoms with E-state index in [9.17, 15) is 40.2 Å². The molecule has 2 unspecified atom stereocenters. The highest BCUT2D eigenvalue weighted by Crippen LogP contribution is 2.76. The van der Waals surface area contributed by atoms with Gasteiger partial charge < -0.3 is 40.1 Å². The predicted octanol–water partition coefficient (Wildman–Crippen LogP) is 4.12. The maximum Gasteiger partial charge on any atom is 0.335 e. The van der Waals surface area contributed by atoms with E-state index < -0.39 is 54.2 Å². The minimum absolute atomic E-state index is 0.0561.